The Morgan fingerprint density at radius 2 is 0.836 bits per heavy atom. The van der Waals surface area contributed by atoms with Crippen LogP contribution in [0, 0.1) is 0 Å². The second kappa shape index (κ2) is 13.1. The van der Waals surface area contributed by atoms with Gasteiger partial charge in [0, 0.05) is 49.0 Å². The molecule has 5 nitrogen and oxygen atoms in total. The maximum atomic E-state index is 6.83. The van der Waals surface area contributed by atoms with Crippen molar-refractivity contribution < 1.29 is 4.42 Å². The van der Waals surface area contributed by atoms with E-state index in [-0.39, 0.29) is 0 Å². The Morgan fingerprint density at radius 1 is 0.328 bits per heavy atom. The van der Waals surface area contributed by atoms with Gasteiger partial charge in [-0.1, -0.05) is 170 Å². The smallest absolute Gasteiger partial charge is 0.235 e. The highest BCUT2D eigenvalue weighted by Gasteiger charge is 2.25. The molecule has 13 aromatic rings. The molecule has 0 amide bonds. The third kappa shape index (κ3) is 5.08. The van der Waals surface area contributed by atoms with Crippen molar-refractivity contribution in [1.29, 1.82) is 0 Å². The zero-order chi connectivity index (χ0) is 40.0. The summed E-state index contributed by atoms with van der Waals surface area (Å²) < 4.78 is 11.5. The van der Waals surface area contributed by atoms with E-state index in [0.717, 1.165) is 105 Å². The van der Waals surface area contributed by atoms with Gasteiger partial charge in [0.2, 0.25) is 5.95 Å². The summed E-state index contributed by atoms with van der Waals surface area (Å²) >= 11 is 0. The molecule has 0 spiro atoms. The van der Waals surface area contributed by atoms with Crippen LogP contribution in [-0.4, -0.2) is 19.1 Å². The lowest BCUT2D eigenvalue weighted by Crippen LogP contribution is -2.05. The van der Waals surface area contributed by atoms with Crippen molar-refractivity contribution in [3.05, 3.63) is 206 Å². The molecular weight excluding hydrogens is 745 g/mol. The first-order valence-corrected chi connectivity index (χ1v) is 20.7. The maximum Gasteiger partial charge on any atom is 0.235 e. The van der Waals surface area contributed by atoms with E-state index in [9.17, 15) is 0 Å². The number of hydrogen-bond acceptors (Lipinski definition) is 3. The van der Waals surface area contributed by atoms with E-state index >= 15 is 0 Å². The summed E-state index contributed by atoms with van der Waals surface area (Å²) in [7, 11) is 0. The molecule has 0 atom stereocenters. The van der Waals surface area contributed by atoms with Crippen molar-refractivity contribution in [1.82, 2.24) is 19.1 Å². The van der Waals surface area contributed by atoms with Gasteiger partial charge in [0.25, 0.3) is 0 Å². The Bertz CT molecular complexity index is 3840. The van der Waals surface area contributed by atoms with Gasteiger partial charge in [0.05, 0.1) is 33.3 Å². The molecule has 61 heavy (non-hydrogen) atoms. The first kappa shape index (κ1) is 33.7. The number of rotatable bonds is 5. The molecule has 0 fully saturated rings. The Hall–Kier alpha value is -8.28. The monoisotopic (exact) mass is 778 g/mol. The van der Waals surface area contributed by atoms with E-state index in [1.165, 1.54) is 11.1 Å². The Kier molecular flexibility index (Phi) is 7.24. The zero-order valence-corrected chi connectivity index (χ0v) is 32.8. The first-order chi connectivity index (χ1) is 30.3. The Morgan fingerprint density at radius 3 is 1.56 bits per heavy atom. The van der Waals surface area contributed by atoms with Crippen molar-refractivity contribution in [2.75, 3.05) is 0 Å². The van der Waals surface area contributed by atoms with Gasteiger partial charge in [-0.15, -0.1) is 0 Å². The van der Waals surface area contributed by atoms with Crippen molar-refractivity contribution in [3.8, 4) is 45.1 Å². The lowest BCUT2D eigenvalue weighted by atomic mass is 10.0. The van der Waals surface area contributed by atoms with Crippen molar-refractivity contribution in [2.45, 2.75) is 0 Å². The average Bonchev–Trinajstić information content (AvgIpc) is 4.00. The van der Waals surface area contributed by atoms with Crippen LogP contribution in [-0.2, 0) is 0 Å². The molecule has 5 heteroatoms. The minimum atomic E-state index is 0.615. The van der Waals surface area contributed by atoms with E-state index in [2.05, 4.69) is 209 Å². The molecule has 0 N–H and O–H groups in total. The van der Waals surface area contributed by atoms with Crippen molar-refractivity contribution >= 4 is 76.5 Å². The Balaban J connectivity index is 1.14. The number of nitrogens with zero attached hydrogens (tertiary/aromatic N) is 4. The van der Waals surface area contributed by atoms with E-state index < -0.39 is 0 Å². The molecule has 0 radical (unpaired) electrons. The van der Waals surface area contributed by atoms with Gasteiger partial charge in [-0.3, -0.25) is 4.57 Å². The van der Waals surface area contributed by atoms with Gasteiger partial charge in [-0.25, -0.2) is 9.97 Å². The SMILES string of the molecule is c1ccc(-c2ccc(-c3nc(-n4c5ccccc5c5ccc6c7ccc8c9ccccc9oc8c7n(-c7ccc(-c8ccccc8)cc7)c6c54)nc4ccccc34)cc2)cc1. The third-order valence-corrected chi connectivity index (χ3v) is 12.4. The number of benzene rings is 9. The van der Waals surface area contributed by atoms with Crippen molar-refractivity contribution in [3.63, 3.8) is 0 Å². The summed E-state index contributed by atoms with van der Waals surface area (Å²) in [5.74, 6) is 0.615. The number of hydrogen-bond donors (Lipinski definition) is 0. The molecule has 0 saturated heterocycles. The number of furan rings is 1. The molecule has 0 aliphatic rings. The highest BCUT2D eigenvalue weighted by Crippen LogP contribution is 2.45. The molecule has 13 rings (SSSR count). The minimum Gasteiger partial charge on any atom is -0.454 e. The van der Waals surface area contributed by atoms with Gasteiger partial charge < -0.3 is 8.98 Å². The molecule has 0 aliphatic carbocycles. The van der Waals surface area contributed by atoms with Crippen LogP contribution in [0.25, 0.3) is 122 Å². The molecule has 9 aromatic carbocycles. The van der Waals surface area contributed by atoms with Crippen LogP contribution < -0.4 is 0 Å². The fourth-order valence-electron chi connectivity index (χ4n) is 9.54. The summed E-state index contributed by atoms with van der Waals surface area (Å²) in [6.07, 6.45) is 0. The van der Waals surface area contributed by atoms with Crippen LogP contribution in [0.2, 0.25) is 0 Å². The summed E-state index contributed by atoms with van der Waals surface area (Å²) in [5, 5.41) is 7.69. The quantitative estimate of drug-likeness (QED) is 0.175. The highest BCUT2D eigenvalue weighted by molar-refractivity contribution is 6.27. The summed E-state index contributed by atoms with van der Waals surface area (Å²) in [4.78, 5) is 10.9. The topological polar surface area (TPSA) is 48.8 Å². The lowest BCUT2D eigenvalue weighted by Gasteiger charge is -2.14. The predicted octanol–water partition coefficient (Wildman–Crippen LogP) is 14.7. The summed E-state index contributed by atoms with van der Waals surface area (Å²) in [6, 6.07) is 73.0. The molecule has 0 aliphatic heterocycles. The molecule has 284 valence electrons. The van der Waals surface area contributed by atoms with Crippen LogP contribution in [0.5, 0.6) is 0 Å². The molecule has 4 heterocycles. The van der Waals surface area contributed by atoms with Crippen LogP contribution in [0.15, 0.2) is 211 Å². The van der Waals surface area contributed by atoms with Gasteiger partial charge in [0.15, 0.2) is 5.58 Å². The van der Waals surface area contributed by atoms with Gasteiger partial charge in [0.1, 0.15) is 5.58 Å². The highest BCUT2D eigenvalue weighted by atomic mass is 16.3. The van der Waals surface area contributed by atoms with Gasteiger partial charge in [-0.2, -0.15) is 0 Å². The molecule has 0 saturated carbocycles. The minimum absolute atomic E-state index is 0.615. The van der Waals surface area contributed by atoms with Crippen LogP contribution in [0.3, 0.4) is 0 Å². The lowest BCUT2D eigenvalue weighted by molar-refractivity contribution is 0.671. The fraction of sp³-hybridized carbons (Fsp3) is 0. The molecular formula is C56H34N4O. The fourth-order valence-corrected chi connectivity index (χ4v) is 9.54. The normalized spacial score (nSPS) is 11.9. The van der Waals surface area contributed by atoms with Crippen LogP contribution in [0.4, 0.5) is 0 Å². The van der Waals surface area contributed by atoms with Crippen LogP contribution in [0.1, 0.15) is 0 Å². The predicted molar refractivity (Wildman–Crippen MR) is 252 cm³/mol. The maximum absolute atomic E-state index is 6.83. The van der Waals surface area contributed by atoms with Gasteiger partial charge in [-0.05, 0) is 58.7 Å². The molecule has 0 bridgehead atoms. The number of aromatic nitrogens is 4. The second-order valence-corrected chi connectivity index (χ2v) is 15.7. The second-order valence-electron chi connectivity index (χ2n) is 15.7. The number of fused-ring (bicyclic) bond motifs is 12. The van der Waals surface area contributed by atoms with E-state index in [4.69, 9.17) is 14.4 Å². The van der Waals surface area contributed by atoms with Gasteiger partial charge >= 0.3 is 0 Å². The third-order valence-electron chi connectivity index (χ3n) is 12.4. The number of para-hydroxylation sites is 3. The van der Waals surface area contributed by atoms with E-state index in [0.29, 0.717) is 5.95 Å². The molecule has 4 aromatic heterocycles. The molecule has 0 unspecified atom stereocenters. The van der Waals surface area contributed by atoms with E-state index in [1.54, 1.807) is 0 Å². The summed E-state index contributed by atoms with van der Waals surface area (Å²) in [5.41, 5.74) is 14.4. The average molecular weight is 779 g/mol. The first-order valence-electron chi connectivity index (χ1n) is 20.7. The standard InChI is InChI=1S/C56H34N4O/c1-3-13-35(14-4-1)37-23-25-39(26-24-37)51-47-19-7-10-20-48(47)57-56(58-51)60-49-21-11-8-17-41(49)43-31-32-44-45-33-34-46-42-18-9-12-22-50(42)61-55(46)54(45)59(52(44)53(43)60)40-29-27-38(28-30-40)36-15-5-2-6-16-36/h1-34H. The summed E-state index contributed by atoms with van der Waals surface area (Å²) in [6.45, 7) is 0. The zero-order valence-electron chi connectivity index (χ0n) is 32.8. The van der Waals surface area contributed by atoms with Crippen LogP contribution >= 0.6 is 0 Å². The largest absolute Gasteiger partial charge is 0.454 e. The van der Waals surface area contributed by atoms with Crippen molar-refractivity contribution in [2.24, 2.45) is 0 Å². The Labute approximate surface area is 350 Å². The van der Waals surface area contributed by atoms with E-state index in [1.807, 2.05) is 6.07 Å².